The third-order valence-electron chi connectivity index (χ3n) is 3.78. The maximum absolute atomic E-state index is 5.06. The van der Waals surface area contributed by atoms with Gasteiger partial charge in [0.05, 0.1) is 6.61 Å². The van der Waals surface area contributed by atoms with Crippen LogP contribution in [0.5, 0.6) is 0 Å². The SMILES string of the molecule is COCCNc1ccc2c(N3CCCC3)nccc2c1. The smallest absolute Gasteiger partial charge is 0.136 e. The van der Waals surface area contributed by atoms with Crippen LogP contribution in [0.2, 0.25) is 0 Å². The van der Waals surface area contributed by atoms with Gasteiger partial charge in [-0.1, -0.05) is 0 Å². The Bertz CT molecular complexity index is 579. The molecule has 0 bridgehead atoms. The summed E-state index contributed by atoms with van der Waals surface area (Å²) in [5.41, 5.74) is 1.13. The minimum atomic E-state index is 0.716. The van der Waals surface area contributed by atoms with E-state index in [1.54, 1.807) is 7.11 Å². The zero-order chi connectivity index (χ0) is 13.8. The van der Waals surface area contributed by atoms with Gasteiger partial charge in [-0.2, -0.15) is 0 Å². The molecule has 2 aromatic rings. The molecule has 106 valence electrons. The number of ether oxygens (including phenoxy) is 1. The standard InChI is InChI=1S/C16H21N3O/c1-20-11-8-17-14-4-5-15-13(12-14)6-7-18-16(15)19-9-2-3-10-19/h4-7,12,17H,2-3,8-11H2,1H3. The van der Waals surface area contributed by atoms with Crippen LogP contribution in [0, 0.1) is 0 Å². The van der Waals surface area contributed by atoms with E-state index in [0.717, 1.165) is 31.1 Å². The van der Waals surface area contributed by atoms with Crippen LogP contribution < -0.4 is 10.2 Å². The predicted molar refractivity (Wildman–Crippen MR) is 83.6 cm³/mol. The Kier molecular flexibility index (Phi) is 4.02. The summed E-state index contributed by atoms with van der Waals surface area (Å²) in [5, 5.41) is 5.85. The second-order valence-corrected chi connectivity index (χ2v) is 5.18. The number of rotatable bonds is 5. The monoisotopic (exact) mass is 271 g/mol. The van der Waals surface area contributed by atoms with Crippen molar-refractivity contribution >= 4 is 22.3 Å². The molecule has 3 rings (SSSR count). The van der Waals surface area contributed by atoms with Gasteiger partial charge in [-0.05, 0) is 42.5 Å². The van der Waals surface area contributed by atoms with Crippen molar-refractivity contribution in [1.29, 1.82) is 0 Å². The van der Waals surface area contributed by atoms with E-state index in [2.05, 4.69) is 39.5 Å². The van der Waals surface area contributed by atoms with E-state index in [0.29, 0.717) is 6.61 Å². The van der Waals surface area contributed by atoms with Gasteiger partial charge in [0.2, 0.25) is 0 Å². The lowest BCUT2D eigenvalue weighted by Gasteiger charge is -2.18. The quantitative estimate of drug-likeness (QED) is 0.849. The molecule has 0 saturated carbocycles. The highest BCUT2D eigenvalue weighted by atomic mass is 16.5. The summed E-state index contributed by atoms with van der Waals surface area (Å²) >= 11 is 0. The number of nitrogens with zero attached hydrogens (tertiary/aromatic N) is 2. The van der Waals surface area contributed by atoms with Crippen LogP contribution in [-0.4, -0.2) is 38.3 Å². The van der Waals surface area contributed by atoms with Gasteiger partial charge in [0.15, 0.2) is 0 Å². The van der Waals surface area contributed by atoms with Crippen LogP contribution in [0.25, 0.3) is 10.8 Å². The number of anilines is 2. The van der Waals surface area contributed by atoms with E-state index in [1.807, 2.05) is 6.20 Å². The number of fused-ring (bicyclic) bond motifs is 1. The first-order valence-corrected chi connectivity index (χ1v) is 7.25. The van der Waals surface area contributed by atoms with Crippen molar-refractivity contribution in [1.82, 2.24) is 4.98 Å². The van der Waals surface area contributed by atoms with E-state index in [9.17, 15) is 0 Å². The molecule has 4 heteroatoms. The normalized spacial score (nSPS) is 14.9. The molecule has 0 spiro atoms. The molecular weight excluding hydrogens is 250 g/mol. The van der Waals surface area contributed by atoms with E-state index >= 15 is 0 Å². The zero-order valence-electron chi connectivity index (χ0n) is 11.9. The topological polar surface area (TPSA) is 37.4 Å². The van der Waals surface area contributed by atoms with Crippen molar-refractivity contribution in [3.63, 3.8) is 0 Å². The van der Waals surface area contributed by atoms with Crippen molar-refractivity contribution < 1.29 is 4.74 Å². The molecule has 0 aliphatic carbocycles. The fourth-order valence-electron chi connectivity index (χ4n) is 2.75. The number of aromatic nitrogens is 1. The van der Waals surface area contributed by atoms with Gasteiger partial charge >= 0.3 is 0 Å². The largest absolute Gasteiger partial charge is 0.383 e. The van der Waals surface area contributed by atoms with Gasteiger partial charge in [0.1, 0.15) is 5.82 Å². The molecule has 1 N–H and O–H groups in total. The van der Waals surface area contributed by atoms with Crippen LogP contribution in [0.1, 0.15) is 12.8 Å². The summed E-state index contributed by atoms with van der Waals surface area (Å²) in [4.78, 5) is 6.97. The Balaban J connectivity index is 1.87. The van der Waals surface area contributed by atoms with E-state index < -0.39 is 0 Å². The molecule has 2 heterocycles. The molecule has 0 unspecified atom stereocenters. The molecule has 1 fully saturated rings. The van der Waals surface area contributed by atoms with Gasteiger partial charge in [-0.25, -0.2) is 4.98 Å². The highest BCUT2D eigenvalue weighted by Crippen LogP contribution is 2.28. The molecule has 1 aromatic heterocycles. The molecule has 4 nitrogen and oxygen atoms in total. The van der Waals surface area contributed by atoms with Gasteiger partial charge in [-0.15, -0.1) is 0 Å². The number of hydrogen-bond donors (Lipinski definition) is 1. The third kappa shape index (κ3) is 2.70. The lowest BCUT2D eigenvalue weighted by atomic mass is 10.1. The van der Waals surface area contributed by atoms with Crippen molar-refractivity contribution in [2.75, 3.05) is 43.6 Å². The summed E-state index contributed by atoms with van der Waals surface area (Å²) in [6.07, 6.45) is 4.46. The summed E-state index contributed by atoms with van der Waals surface area (Å²) in [6, 6.07) is 8.56. The molecule has 1 aliphatic rings. The Hall–Kier alpha value is -1.81. The molecule has 1 aliphatic heterocycles. The summed E-state index contributed by atoms with van der Waals surface area (Å²) < 4.78 is 5.06. The fourth-order valence-corrected chi connectivity index (χ4v) is 2.75. The highest BCUT2D eigenvalue weighted by Gasteiger charge is 2.15. The van der Waals surface area contributed by atoms with Gasteiger partial charge in [-0.3, -0.25) is 0 Å². The first-order chi connectivity index (χ1) is 9.88. The Labute approximate surface area is 119 Å². The highest BCUT2D eigenvalue weighted by molar-refractivity contribution is 5.94. The average Bonchev–Trinajstić information content (AvgIpc) is 3.01. The van der Waals surface area contributed by atoms with Crippen molar-refractivity contribution in [2.45, 2.75) is 12.8 Å². The van der Waals surface area contributed by atoms with Crippen LogP contribution in [0.4, 0.5) is 11.5 Å². The van der Waals surface area contributed by atoms with Crippen LogP contribution in [0.15, 0.2) is 30.5 Å². The number of methoxy groups -OCH3 is 1. The molecule has 0 radical (unpaired) electrons. The zero-order valence-corrected chi connectivity index (χ0v) is 11.9. The van der Waals surface area contributed by atoms with Crippen LogP contribution in [-0.2, 0) is 4.74 Å². The Morgan fingerprint density at radius 2 is 2.10 bits per heavy atom. The molecule has 0 amide bonds. The van der Waals surface area contributed by atoms with E-state index in [4.69, 9.17) is 4.74 Å². The van der Waals surface area contributed by atoms with Crippen molar-refractivity contribution in [2.24, 2.45) is 0 Å². The van der Waals surface area contributed by atoms with E-state index in [-0.39, 0.29) is 0 Å². The minimum absolute atomic E-state index is 0.716. The first-order valence-electron chi connectivity index (χ1n) is 7.25. The Morgan fingerprint density at radius 3 is 2.90 bits per heavy atom. The van der Waals surface area contributed by atoms with Crippen molar-refractivity contribution in [3.05, 3.63) is 30.5 Å². The van der Waals surface area contributed by atoms with E-state index in [1.165, 1.54) is 23.6 Å². The van der Waals surface area contributed by atoms with Crippen LogP contribution >= 0.6 is 0 Å². The lowest BCUT2D eigenvalue weighted by Crippen LogP contribution is -2.19. The number of hydrogen-bond acceptors (Lipinski definition) is 4. The second-order valence-electron chi connectivity index (χ2n) is 5.18. The Morgan fingerprint density at radius 1 is 1.25 bits per heavy atom. The second kappa shape index (κ2) is 6.09. The van der Waals surface area contributed by atoms with Crippen LogP contribution in [0.3, 0.4) is 0 Å². The maximum atomic E-state index is 5.06. The molecule has 1 saturated heterocycles. The van der Waals surface area contributed by atoms with Gasteiger partial charge in [0.25, 0.3) is 0 Å². The molecule has 0 atom stereocenters. The average molecular weight is 271 g/mol. The van der Waals surface area contributed by atoms with Gasteiger partial charge < -0.3 is 15.0 Å². The minimum Gasteiger partial charge on any atom is -0.383 e. The maximum Gasteiger partial charge on any atom is 0.136 e. The molecular formula is C16H21N3O. The van der Waals surface area contributed by atoms with Gasteiger partial charge in [0, 0.05) is 44.0 Å². The molecule has 20 heavy (non-hydrogen) atoms. The predicted octanol–water partition coefficient (Wildman–Crippen LogP) is 2.89. The fraction of sp³-hybridized carbons (Fsp3) is 0.438. The summed E-state index contributed by atoms with van der Waals surface area (Å²) in [6.45, 7) is 3.79. The number of benzene rings is 1. The number of nitrogens with one attached hydrogen (secondary N) is 1. The molecule has 1 aromatic carbocycles. The van der Waals surface area contributed by atoms with Crippen molar-refractivity contribution in [3.8, 4) is 0 Å². The lowest BCUT2D eigenvalue weighted by molar-refractivity contribution is 0.211. The first kappa shape index (κ1) is 13.2. The summed E-state index contributed by atoms with van der Waals surface area (Å²) in [7, 11) is 1.72. The summed E-state index contributed by atoms with van der Waals surface area (Å²) in [5.74, 6) is 1.13. The third-order valence-corrected chi connectivity index (χ3v) is 3.78. The number of pyridine rings is 1.